The first kappa shape index (κ1) is 18.0. The van der Waals surface area contributed by atoms with Crippen LogP contribution in [0, 0.1) is 0 Å². The summed E-state index contributed by atoms with van der Waals surface area (Å²) in [6.45, 7) is 1.49. The summed E-state index contributed by atoms with van der Waals surface area (Å²) < 4.78 is 2.11. The van der Waals surface area contributed by atoms with E-state index in [9.17, 15) is 4.79 Å². The number of aryl methyl sites for hydroxylation is 1. The minimum Gasteiger partial charge on any atom is -1.00 e. The van der Waals surface area contributed by atoms with Gasteiger partial charge in [0.1, 0.15) is 7.05 Å². The van der Waals surface area contributed by atoms with Gasteiger partial charge in [-0.3, -0.25) is 4.79 Å². The van der Waals surface area contributed by atoms with Crippen molar-refractivity contribution < 1.29 is 21.8 Å². The molecule has 0 unspecified atom stereocenters. The van der Waals surface area contributed by atoms with Crippen LogP contribution in [0.25, 0.3) is 21.8 Å². The first-order chi connectivity index (χ1) is 9.58. The van der Waals surface area contributed by atoms with Crippen LogP contribution in [0.4, 0.5) is 11.4 Å². The zero-order valence-electron chi connectivity index (χ0n) is 12.3. The molecule has 0 aliphatic rings. The molecule has 0 atom stereocenters. The summed E-state index contributed by atoms with van der Waals surface area (Å²) in [5.74, 6) is -0.0897. The molecule has 0 saturated carbocycles. The number of pyridine rings is 1. The molecule has 2 aromatic carbocycles. The first-order valence-electron chi connectivity index (χ1n) is 6.45. The van der Waals surface area contributed by atoms with Crippen LogP contribution in [0.2, 0.25) is 0 Å². The van der Waals surface area contributed by atoms with Gasteiger partial charge in [-0.25, -0.2) is 0 Å². The Bertz CT molecular complexity index is 850. The second-order valence-electron chi connectivity index (χ2n) is 4.90. The third-order valence-corrected chi connectivity index (χ3v) is 3.52. The predicted octanol–water partition coefficient (Wildman–Crippen LogP) is -0.216. The van der Waals surface area contributed by atoms with Crippen molar-refractivity contribution in [3.05, 3.63) is 42.5 Å². The fourth-order valence-electron chi connectivity index (χ4n) is 2.59. The van der Waals surface area contributed by atoms with Gasteiger partial charge in [0.2, 0.25) is 16.9 Å². The zero-order chi connectivity index (χ0) is 14.3. The van der Waals surface area contributed by atoms with E-state index >= 15 is 0 Å². The molecule has 0 spiro atoms. The topological polar surface area (TPSA) is 59.0 Å². The van der Waals surface area contributed by atoms with Crippen LogP contribution in [0.3, 0.4) is 0 Å². The number of nitrogens with two attached hydrogens (primary N) is 1. The van der Waals surface area contributed by atoms with Gasteiger partial charge < -0.3 is 23.5 Å². The van der Waals surface area contributed by atoms with E-state index in [0.29, 0.717) is 0 Å². The Balaban J connectivity index is 0.00000121. The summed E-state index contributed by atoms with van der Waals surface area (Å²) >= 11 is 0. The monoisotopic (exact) mass is 337 g/mol. The first-order valence-corrected chi connectivity index (χ1v) is 6.45. The Hall–Kier alpha value is -2.04. The van der Waals surface area contributed by atoms with Gasteiger partial charge in [0.15, 0.2) is 0 Å². The van der Waals surface area contributed by atoms with E-state index in [4.69, 9.17) is 5.73 Å². The van der Waals surface area contributed by atoms with Crippen molar-refractivity contribution in [3.8, 4) is 0 Å². The normalized spacial score (nSPS) is 9.91. The molecule has 1 aromatic heterocycles. The van der Waals surface area contributed by atoms with Crippen molar-refractivity contribution in [2.45, 2.75) is 6.92 Å². The van der Waals surface area contributed by atoms with E-state index in [1.54, 1.807) is 0 Å². The number of nitrogens with zero attached hydrogens (tertiary/aromatic N) is 1. The van der Waals surface area contributed by atoms with Crippen LogP contribution in [-0.2, 0) is 11.8 Å². The predicted molar refractivity (Wildman–Crippen MR) is 88.6 cm³/mol. The van der Waals surface area contributed by atoms with Crippen molar-refractivity contribution in [2.75, 3.05) is 11.1 Å². The van der Waals surface area contributed by atoms with Gasteiger partial charge in [0.05, 0.1) is 16.5 Å². The highest BCUT2D eigenvalue weighted by Gasteiger charge is 2.16. The molecule has 4 nitrogen and oxygen atoms in total. The Morgan fingerprint density at radius 3 is 2.41 bits per heavy atom. The summed E-state index contributed by atoms with van der Waals surface area (Å²) in [5.41, 5.74) is 9.92. The number of benzene rings is 2. The Morgan fingerprint density at radius 2 is 1.73 bits per heavy atom. The fourth-order valence-corrected chi connectivity index (χ4v) is 2.59. The molecule has 3 rings (SSSR count). The maximum atomic E-state index is 11.2. The molecule has 116 valence electrons. The molecular weight excluding hydrogens is 321 g/mol. The number of fused-ring (bicyclic) bond motifs is 2. The summed E-state index contributed by atoms with van der Waals surface area (Å²) in [5, 5.41) is 4.75. The van der Waals surface area contributed by atoms with Gasteiger partial charge in [-0.1, -0.05) is 12.1 Å². The number of carbonyl (C=O) groups is 1. The third-order valence-electron chi connectivity index (χ3n) is 3.52. The van der Waals surface area contributed by atoms with Crippen molar-refractivity contribution in [2.24, 2.45) is 7.05 Å². The van der Waals surface area contributed by atoms with Crippen LogP contribution in [0.15, 0.2) is 42.5 Å². The van der Waals surface area contributed by atoms with E-state index in [0.717, 1.165) is 33.2 Å². The molecule has 0 fully saturated rings. The lowest BCUT2D eigenvalue weighted by Crippen LogP contribution is -3.00. The number of para-hydroxylation sites is 1. The molecule has 0 bridgehead atoms. The second kappa shape index (κ2) is 6.81. The minimum absolute atomic E-state index is 0. The Labute approximate surface area is 141 Å². The largest absolute Gasteiger partial charge is 1.00 e. The fraction of sp³-hybridized carbons (Fsp3) is 0.125. The quantitative estimate of drug-likeness (QED) is 0.476. The van der Waals surface area contributed by atoms with Crippen molar-refractivity contribution in [1.82, 2.24) is 0 Å². The molecular formula is C16H17Cl2N3O. The van der Waals surface area contributed by atoms with Gasteiger partial charge in [0, 0.05) is 24.7 Å². The van der Waals surface area contributed by atoms with E-state index < -0.39 is 0 Å². The molecule has 3 aromatic rings. The number of amides is 1. The smallest absolute Gasteiger partial charge is 0.221 e. The van der Waals surface area contributed by atoms with Gasteiger partial charge in [-0.15, -0.1) is 12.4 Å². The molecule has 22 heavy (non-hydrogen) atoms. The second-order valence-corrected chi connectivity index (χ2v) is 4.90. The Kier molecular flexibility index (Phi) is 5.58. The lowest BCUT2D eigenvalue weighted by Gasteiger charge is -2.08. The number of anilines is 2. The molecule has 3 N–H and O–H groups in total. The van der Waals surface area contributed by atoms with Crippen LogP contribution in [-0.4, -0.2) is 5.91 Å². The standard InChI is InChI=1S/C16H15N3O.2ClH/c1-10(20)18-11-7-8-15-13(9-11)16(17)12-5-3-4-6-14(12)19(15)2;;/h3-9,17H,1-2H3,(H,18,20);2*1H. The average Bonchev–Trinajstić information content (AvgIpc) is 2.44. The summed E-state index contributed by atoms with van der Waals surface area (Å²) in [6.07, 6.45) is 0. The lowest BCUT2D eigenvalue weighted by molar-refractivity contribution is -0.617. The number of rotatable bonds is 1. The van der Waals surface area contributed by atoms with Gasteiger partial charge in [-0.05, 0) is 18.2 Å². The van der Waals surface area contributed by atoms with Crippen LogP contribution >= 0.6 is 12.4 Å². The highest BCUT2D eigenvalue weighted by Crippen LogP contribution is 2.28. The maximum Gasteiger partial charge on any atom is 0.221 e. The van der Waals surface area contributed by atoms with E-state index in [2.05, 4.69) is 9.88 Å². The van der Waals surface area contributed by atoms with Crippen molar-refractivity contribution in [3.63, 3.8) is 0 Å². The highest BCUT2D eigenvalue weighted by molar-refractivity contribution is 6.05. The number of halogens is 2. The number of nitrogens with one attached hydrogen (secondary N) is 1. The van der Waals surface area contributed by atoms with Gasteiger partial charge in [-0.2, -0.15) is 4.57 Å². The molecule has 0 aliphatic heterocycles. The SMILES string of the molecule is CC(=O)Nc1ccc2c(c1)c(N)c1ccccc1[n+]2C.Cl.[Cl-]. The number of aromatic nitrogens is 1. The molecule has 1 heterocycles. The van der Waals surface area contributed by atoms with E-state index in [1.165, 1.54) is 6.92 Å². The highest BCUT2D eigenvalue weighted by atomic mass is 35.5. The zero-order valence-corrected chi connectivity index (χ0v) is 13.8. The summed E-state index contributed by atoms with van der Waals surface area (Å²) in [6, 6.07) is 13.8. The van der Waals surface area contributed by atoms with Gasteiger partial charge >= 0.3 is 0 Å². The molecule has 0 saturated heterocycles. The van der Waals surface area contributed by atoms with Crippen molar-refractivity contribution >= 4 is 51.5 Å². The van der Waals surface area contributed by atoms with Crippen LogP contribution in [0.1, 0.15) is 6.92 Å². The molecule has 6 heteroatoms. The number of hydrogen-bond acceptors (Lipinski definition) is 2. The van der Waals surface area contributed by atoms with E-state index in [1.807, 2.05) is 49.5 Å². The minimum atomic E-state index is -0.0897. The van der Waals surface area contributed by atoms with Gasteiger partial charge in [0.25, 0.3) is 0 Å². The average molecular weight is 338 g/mol. The maximum absolute atomic E-state index is 11.2. The number of hydrogen-bond donors (Lipinski definition) is 2. The number of carbonyl (C=O) groups excluding carboxylic acids is 1. The number of nitrogen functional groups attached to an aromatic ring is 1. The van der Waals surface area contributed by atoms with Crippen LogP contribution < -0.4 is 28.0 Å². The molecule has 0 aliphatic carbocycles. The lowest BCUT2D eigenvalue weighted by atomic mass is 10.1. The summed E-state index contributed by atoms with van der Waals surface area (Å²) in [4.78, 5) is 11.2. The Morgan fingerprint density at radius 1 is 1.09 bits per heavy atom. The molecule has 1 amide bonds. The molecule has 0 radical (unpaired) electrons. The van der Waals surface area contributed by atoms with Crippen LogP contribution in [0.5, 0.6) is 0 Å². The van der Waals surface area contributed by atoms with E-state index in [-0.39, 0.29) is 30.7 Å². The third kappa shape index (κ3) is 2.93. The van der Waals surface area contributed by atoms with Crippen molar-refractivity contribution in [1.29, 1.82) is 0 Å². The summed E-state index contributed by atoms with van der Waals surface area (Å²) in [7, 11) is 2.02.